The minimum absolute atomic E-state index is 0.233. The average molecular weight is 292 g/mol. The van der Waals surface area contributed by atoms with Crippen LogP contribution in [-0.4, -0.2) is 61.1 Å². The molecule has 1 atom stereocenters. The van der Waals surface area contributed by atoms with E-state index in [1.807, 2.05) is 0 Å². The Balaban J connectivity index is 2.25. The van der Waals surface area contributed by atoms with Gasteiger partial charge in [-0.25, -0.2) is 8.42 Å². The lowest BCUT2D eigenvalue weighted by Gasteiger charge is -2.21. The quantitative estimate of drug-likeness (QED) is 0.672. The van der Waals surface area contributed by atoms with Crippen molar-refractivity contribution in [3.05, 3.63) is 0 Å². The number of aliphatic carboxylic acids is 1. The summed E-state index contributed by atoms with van der Waals surface area (Å²) in [6.07, 6.45) is 2.71. The van der Waals surface area contributed by atoms with Gasteiger partial charge in [-0.2, -0.15) is 0 Å². The van der Waals surface area contributed by atoms with E-state index >= 15 is 0 Å². The summed E-state index contributed by atoms with van der Waals surface area (Å²) < 4.78 is 22.9. The van der Waals surface area contributed by atoms with Gasteiger partial charge in [0.15, 0.2) is 9.84 Å². The lowest BCUT2D eigenvalue weighted by Crippen LogP contribution is -2.44. The normalized spacial score (nSPS) is 23.5. The molecule has 0 amide bonds. The van der Waals surface area contributed by atoms with Gasteiger partial charge in [-0.05, 0) is 45.7 Å². The first-order valence-corrected chi connectivity index (χ1v) is 8.50. The topological polar surface area (TPSA) is 101 Å². The molecule has 1 aliphatic rings. The number of hydrogen-bond donors (Lipinski definition) is 2. The standard InChI is InChI=1S/C12H24N2O4S/c1-12(13,11(15)16)5-2-3-6-14-7-4-9-19(17,18)10-8-14/h2-10,13H2,1H3,(H,15,16). The molecule has 0 aliphatic carbocycles. The van der Waals surface area contributed by atoms with Crippen LogP contribution in [0.2, 0.25) is 0 Å². The van der Waals surface area contributed by atoms with Gasteiger partial charge < -0.3 is 15.7 Å². The molecule has 1 saturated heterocycles. The Morgan fingerprint density at radius 2 is 2.00 bits per heavy atom. The largest absolute Gasteiger partial charge is 0.480 e. The Morgan fingerprint density at radius 3 is 2.63 bits per heavy atom. The third-order valence-corrected chi connectivity index (χ3v) is 5.27. The number of nitrogens with zero attached hydrogens (tertiary/aromatic N) is 1. The van der Waals surface area contributed by atoms with Crippen molar-refractivity contribution in [1.29, 1.82) is 0 Å². The maximum absolute atomic E-state index is 11.4. The third kappa shape index (κ3) is 5.88. The predicted octanol–water partition coefficient (Wildman–Crippen LogP) is 0.0792. The molecule has 1 rings (SSSR count). The van der Waals surface area contributed by atoms with Gasteiger partial charge in [-0.1, -0.05) is 0 Å². The SMILES string of the molecule is CC(N)(CCCCN1CCCS(=O)(=O)CC1)C(=O)O. The first-order chi connectivity index (χ1) is 8.73. The Morgan fingerprint density at radius 1 is 1.32 bits per heavy atom. The second-order valence-electron chi connectivity index (χ2n) is 5.53. The molecule has 7 heteroatoms. The van der Waals surface area contributed by atoms with E-state index in [9.17, 15) is 13.2 Å². The Hall–Kier alpha value is -0.660. The molecule has 112 valence electrons. The highest BCUT2D eigenvalue weighted by atomic mass is 32.2. The highest BCUT2D eigenvalue weighted by molar-refractivity contribution is 7.91. The van der Waals surface area contributed by atoms with Crippen LogP contribution in [0.3, 0.4) is 0 Å². The van der Waals surface area contributed by atoms with E-state index in [-0.39, 0.29) is 11.5 Å². The molecule has 0 radical (unpaired) electrons. The van der Waals surface area contributed by atoms with Crippen molar-refractivity contribution in [3.8, 4) is 0 Å². The molecule has 1 heterocycles. The molecule has 0 aromatic carbocycles. The summed E-state index contributed by atoms with van der Waals surface area (Å²) in [4.78, 5) is 13.0. The van der Waals surface area contributed by atoms with Gasteiger partial charge in [0.1, 0.15) is 5.54 Å². The fraction of sp³-hybridized carbons (Fsp3) is 0.917. The van der Waals surface area contributed by atoms with Gasteiger partial charge in [0.2, 0.25) is 0 Å². The second kappa shape index (κ2) is 6.67. The number of nitrogens with two attached hydrogens (primary N) is 1. The highest BCUT2D eigenvalue weighted by Crippen LogP contribution is 2.12. The van der Waals surface area contributed by atoms with Crippen molar-refractivity contribution in [2.24, 2.45) is 5.73 Å². The third-order valence-electron chi connectivity index (χ3n) is 3.56. The van der Waals surface area contributed by atoms with Crippen LogP contribution in [0.1, 0.15) is 32.6 Å². The predicted molar refractivity (Wildman–Crippen MR) is 73.8 cm³/mol. The van der Waals surface area contributed by atoms with E-state index in [0.717, 1.165) is 25.9 Å². The highest BCUT2D eigenvalue weighted by Gasteiger charge is 2.27. The molecule has 1 aliphatic heterocycles. The number of sulfone groups is 1. The summed E-state index contributed by atoms with van der Waals surface area (Å²) in [7, 11) is -2.86. The summed E-state index contributed by atoms with van der Waals surface area (Å²) in [5, 5.41) is 8.88. The van der Waals surface area contributed by atoms with Crippen molar-refractivity contribution in [3.63, 3.8) is 0 Å². The van der Waals surface area contributed by atoms with E-state index in [4.69, 9.17) is 10.8 Å². The maximum Gasteiger partial charge on any atom is 0.323 e. The summed E-state index contributed by atoms with van der Waals surface area (Å²) in [6.45, 7) is 3.72. The average Bonchev–Trinajstić information content (AvgIpc) is 2.46. The van der Waals surface area contributed by atoms with Crippen LogP contribution in [0.5, 0.6) is 0 Å². The monoisotopic (exact) mass is 292 g/mol. The molecule has 1 fully saturated rings. The molecule has 0 spiro atoms. The molecule has 6 nitrogen and oxygen atoms in total. The summed E-state index contributed by atoms with van der Waals surface area (Å²) in [5.74, 6) is -0.464. The van der Waals surface area contributed by atoms with Crippen molar-refractivity contribution >= 4 is 15.8 Å². The first kappa shape index (κ1) is 16.4. The lowest BCUT2D eigenvalue weighted by atomic mass is 9.96. The summed E-state index contributed by atoms with van der Waals surface area (Å²) in [5.41, 5.74) is 4.48. The van der Waals surface area contributed by atoms with Gasteiger partial charge in [0.05, 0.1) is 11.5 Å². The Kier molecular flexibility index (Phi) is 5.76. The van der Waals surface area contributed by atoms with E-state index in [2.05, 4.69) is 4.90 Å². The molecule has 0 bridgehead atoms. The van der Waals surface area contributed by atoms with Gasteiger partial charge in [0.25, 0.3) is 0 Å². The van der Waals surface area contributed by atoms with Crippen molar-refractivity contribution in [2.45, 2.75) is 38.1 Å². The lowest BCUT2D eigenvalue weighted by molar-refractivity contribution is -0.142. The van der Waals surface area contributed by atoms with Crippen LogP contribution in [0.25, 0.3) is 0 Å². The molecule has 0 aromatic rings. The smallest absolute Gasteiger partial charge is 0.323 e. The van der Waals surface area contributed by atoms with Crippen LogP contribution >= 0.6 is 0 Å². The van der Waals surface area contributed by atoms with Gasteiger partial charge >= 0.3 is 5.97 Å². The molecule has 0 saturated carbocycles. The Labute approximate surface area is 114 Å². The number of carbonyl (C=O) groups is 1. The minimum atomic E-state index is -2.86. The van der Waals surface area contributed by atoms with Gasteiger partial charge in [0, 0.05) is 6.54 Å². The van der Waals surface area contributed by atoms with Crippen LogP contribution in [0.4, 0.5) is 0 Å². The van der Waals surface area contributed by atoms with E-state index in [0.29, 0.717) is 19.4 Å². The molecule has 1 unspecified atom stereocenters. The van der Waals surface area contributed by atoms with Gasteiger partial charge in [-0.3, -0.25) is 4.79 Å². The molecule has 3 N–H and O–H groups in total. The fourth-order valence-electron chi connectivity index (χ4n) is 2.15. The van der Waals surface area contributed by atoms with E-state index in [1.54, 1.807) is 0 Å². The number of unbranched alkanes of at least 4 members (excludes halogenated alkanes) is 1. The van der Waals surface area contributed by atoms with Crippen LogP contribution in [0, 0.1) is 0 Å². The summed E-state index contributed by atoms with van der Waals surface area (Å²) >= 11 is 0. The number of hydrogen-bond acceptors (Lipinski definition) is 5. The maximum atomic E-state index is 11.4. The van der Waals surface area contributed by atoms with Crippen LogP contribution in [0.15, 0.2) is 0 Å². The van der Waals surface area contributed by atoms with Crippen molar-refractivity contribution < 1.29 is 18.3 Å². The van der Waals surface area contributed by atoms with Crippen molar-refractivity contribution in [2.75, 3.05) is 31.1 Å². The zero-order chi connectivity index (χ0) is 14.5. The molecular weight excluding hydrogens is 268 g/mol. The van der Waals surface area contributed by atoms with Crippen molar-refractivity contribution in [1.82, 2.24) is 4.90 Å². The summed E-state index contributed by atoms with van der Waals surface area (Å²) in [6, 6.07) is 0. The van der Waals surface area contributed by atoms with Crippen LogP contribution < -0.4 is 5.73 Å². The number of carboxylic acid groups (broad SMARTS) is 1. The Bertz CT molecular complexity index is 406. The minimum Gasteiger partial charge on any atom is -0.480 e. The molecule has 19 heavy (non-hydrogen) atoms. The van der Waals surface area contributed by atoms with E-state index < -0.39 is 21.3 Å². The fourth-order valence-corrected chi connectivity index (χ4v) is 3.46. The number of carboxylic acids is 1. The van der Waals surface area contributed by atoms with Crippen LogP contribution in [-0.2, 0) is 14.6 Å². The van der Waals surface area contributed by atoms with E-state index in [1.165, 1.54) is 6.92 Å². The zero-order valence-corrected chi connectivity index (χ0v) is 12.3. The molecule has 0 aromatic heterocycles. The second-order valence-corrected chi connectivity index (χ2v) is 7.83. The first-order valence-electron chi connectivity index (χ1n) is 6.68. The zero-order valence-electron chi connectivity index (χ0n) is 11.5. The van der Waals surface area contributed by atoms with Gasteiger partial charge in [-0.15, -0.1) is 0 Å². The molecular formula is C12H24N2O4S. The number of rotatable bonds is 6.